The number of hydrogen-bond donors (Lipinski definition) is 2. The lowest BCUT2D eigenvalue weighted by Crippen LogP contribution is -2.38. The Hall–Kier alpha value is -1.40. The van der Waals surface area contributed by atoms with Crippen LogP contribution in [0.15, 0.2) is 28.7 Å². The molecule has 1 unspecified atom stereocenters. The van der Waals surface area contributed by atoms with Gasteiger partial charge in [-0.25, -0.2) is 4.79 Å². The van der Waals surface area contributed by atoms with Crippen molar-refractivity contribution in [1.82, 2.24) is 10.2 Å². The number of primary amides is 1. The second kappa shape index (κ2) is 7.56. The lowest BCUT2D eigenvalue weighted by molar-refractivity contribution is -0.120. The highest BCUT2D eigenvalue weighted by Crippen LogP contribution is 2.22. The molecule has 5 nitrogen and oxygen atoms in total. The first-order valence-electron chi connectivity index (χ1n) is 7.12. The average Bonchev–Trinajstić information content (AvgIpc) is 2.86. The van der Waals surface area contributed by atoms with E-state index in [9.17, 15) is 9.59 Å². The van der Waals surface area contributed by atoms with E-state index in [1.165, 1.54) is 5.56 Å². The fourth-order valence-electron chi connectivity index (χ4n) is 2.76. The number of hydrogen-bond acceptors (Lipinski definition) is 3. The first-order chi connectivity index (χ1) is 10.0. The molecule has 2 rings (SSSR count). The van der Waals surface area contributed by atoms with Crippen molar-refractivity contribution in [2.45, 2.75) is 31.7 Å². The quantitative estimate of drug-likeness (QED) is 0.850. The Morgan fingerprint density at radius 3 is 2.71 bits per heavy atom. The molecule has 1 fully saturated rings. The summed E-state index contributed by atoms with van der Waals surface area (Å²) < 4.78 is 1.08. The molecule has 1 aliphatic heterocycles. The van der Waals surface area contributed by atoms with Crippen LogP contribution in [0.25, 0.3) is 0 Å². The maximum atomic E-state index is 11.5. The molecule has 21 heavy (non-hydrogen) atoms. The van der Waals surface area contributed by atoms with E-state index in [0.29, 0.717) is 19.0 Å². The normalized spacial score (nSPS) is 18.6. The van der Waals surface area contributed by atoms with Gasteiger partial charge in [0.15, 0.2) is 0 Å². The van der Waals surface area contributed by atoms with Gasteiger partial charge in [-0.2, -0.15) is 0 Å². The molecule has 1 saturated heterocycles. The van der Waals surface area contributed by atoms with Gasteiger partial charge in [0.05, 0.1) is 0 Å². The van der Waals surface area contributed by atoms with Crippen LogP contribution in [0.1, 0.15) is 24.8 Å². The van der Waals surface area contributed by atoms with Crippen LogP contribution in [0.5, 0.6) is 0 Å². The summed E-state index contributed by atoms with van der Waals surface area (Å²) in [4.78, 5) is 24.4. The number of likely N-dealkylation sites (tertiary alicyclic amines) is 1. The molecule has 6 heteroatoms. The van der Waals surface area contributed by atoms with E-state index in [-0.39, 0.29) is 5.91 Å². The van der Waals surface area contributed by atoms with E-state index in [0.717, 1.165) is 30.3 Å². The Kier molecular flexibility index (Phi) is 5.76. The van der Waals surface area contributed by atoms with Gasteiger partial charge in [0.1, 0.15) is 0 Å². The zero-order valence-corrected chi connectivity index (χ0v) is 13.4. The van der Waals surface area contributed by atoms with Crippen LogP contribution >= 0.6 is 15.9 Å². The topological polar surface area (TPSA) is 75.4 Å². The molecular formula is C15H20BrN3O2. The van der Waals surface area contributed by atoms with E-state index in [2.05, 4.69) is 50.4 Å². The van der Waals surface area contributed by atoms with Crippen LogP contribution in [0.4, 0.5) is 4.79 Å². The largest absolute Gasteiger partial charge is 0.351 e. The van der Waals surface area contributed by atoms with E-state index >= 15 is 0 Å². The minimum absolute atomic E-state index is 0.305. The van der Waals surface area contributed by atoms with Crippen molar-refractivity contribution in [1.29, 1.82) is 0 Å². The number of carbonyl (C=O) groups is 2. The average molecular weight is 354 g/mol. The number of amides is 3. The summed E-state index contributed by atoms with van der Waals surface area (Å²) in [5.74, 6) is -0.309. The van der Waals surface area contributed by atoms with E-state index in [1.54, 1.807) is 0 Å². The molecule has 3 amide bonds. The van der Waals surface area contributed by atoms with Crippen molar-refractivity contribution in [3.8, 4) is 0 Å². The number of nitrogens with zero attached hydrogens (tertiary/aromatic N) is 1. The summed E-state index contributed by atoms with van der Waals surface area (Å²) in [6, 6.07) is 8.03. The van der Waals surface area contributed by atoms with Gasteiger partial charge >= 0.3 is 6.03 Å². The molecule has 0 saturated carbocycles. The standard InChI is InChI=1S/C15H20BrN3O2/c16-12-5-3-11(4-6-12)10-13-2-1-8-19(13)9-7-14(20)18-15(17)21/h3-6,13H,1-2,7-10H2,(H3,17,18,20,21). The van der Waals surface area contributed by atoms with Crippen LogP contribution < -0.4 is 11.1 Å². The summed E-state index contributed by atoms with van der Waals surface area (Å²) in [5.41, 5.74) is 6.23. The maximum Gasteiger partial charge on any atom is 0.318 e. The third kappa shape index (κ3) is 5.13. The van der Waals surface area contributed by atoms with Crippen LogP contribution in [0.3, 0.4) is 0 Å². The molecule has 0 aromatic heterocycles. The van der Waals surface area contributed by atoms with Crippen LogP contribution in [-0.4, -0.2) is 36.0 Å². The second-order valence-electron chi connectivity index (χ2n) is 5.33. The molecule has 0 radical (unpaired) electrons. The second-order valence-corrected chi connectivity index (χ2v) is 6.24. The number of halogens is 1. The highest BCUT2D eigenvalue weighted by molar-refractivity contribution is 9.10. The predicted octanol–water partition coefficient (Wildman–Crippen LogP) is 2.04. The molecule has 1 heterocycles. The minimum atomic E-state index is -0.784. The Morgan fingerprint density at radius 1 is 1.33 bits per heavy atom. The number of imide groups is 1. The van der Waals surface area contributed by atoms with Crippen molar-refractivity contribution in [2.75, 3.05) is 13.1 Å². The van der Waals surface area contributed by atoms with Crippen LogP contribution in [0.2, 0.25) is 0 Å². The summed E-state index contributed by atoms with van der Waals surface area (Å²) in [7, 11) is 0. The van der Waals surface area contributed by atoms with Gasteiger partial charge in [-0.3, -0.25) is 15.0 Å². The molecule has 1 aliphatic rings. The Balaban J connectivity index is 1.84. The number of rotatable bonds is 5. The molecule has 114 valence electrons. The van der Waals surface area contributed by atoms with E-state index in [4.69, 9.17) is 5.73 Å². The molecule has 0 spiro atoms. The zero-order valence-electron chi connectivity index (χ0n) is 11.8. The van der Waals surface area contributed by atoms with Crippen molar-refractivity contribution in [2.24, 2.45) is 5.73 Å². The highest BCUT2D eigenvalue weighted by atomic mass is 79.9. The minimum Gasteiger partial charge on any atom is -0.351 e. The third-order valence-corrected chi connectivity index (χ3v) is 4.30. The maximum absolute atomic E-state index is 11.5. The van der Waals surface area contributed by atoms with E-state index < -0.39 is 6.03 Å². The van der Waals surface area contributed by atoms with Gasteiger partial charge in [-0.05, 0) is 43.5 Å². The molecule has 3 N–H and O–H groups in total. The number of nitrogens with one attached hydrogen (secondary N) is 1. The summed E-state index contributed by atoms with van der Waals surface area (Å²) in [6.45, 7) is 1.67. The first-order valence-corrected chi connectivity index (χ1v) is 7.91. The van der Waals surface area contributed by atoms with Gasteiger partial charge in [0.2, 0.25) is 5.91 Å². The summed E-state index contributed by atoms with van der Waals surface area (Å²) >= 11 is 3.44. The monoisotopic (exact) mass is 353 g/mol. The Bertz CT molecular complexity index is 504. The van der Waals surface area contributed by atoms with Gasteiger partial charge in [0.25, 0.3) is 0 Å². The van der Waals surface area contributed by atoms with Gasteiger partial charge in [-0.1, -0.05) is 28.1 Å². The summed E-state index contributed by atoms with van der Waals surface area (Å²) in [6.07, 6.45) is 3.59. The number of urea groups is 1. The van der Waals surface area contributed by atoms with Gasteiger partial charge in [0, 0.05) is 23.5 Å². The molecule has 1 aromatic rings. The third-order valence-electron chi connectivity index (χ3n) is 3.77. The number of nitrogens with two attached hydrogens (primary N) is 1. The summed E-state index contributed by atoms with van der Waals surface area (Å²) in [5, 5.41) is 2.11. The zero-order chi connectivity index (χ0) is 15.2. The molecule has 1 aromatic carbocycles. The van der Waals surface area contributed by atoms with Crippen LogP contribution in [-0.2, 0) is 11.2 Å². The van der Waals surface area contributed by atoms with Gasteiger partial charge in [-0.15, -0.1) is 0 Å². The number of benzene rings is 1. The molecule has 0 aliphatic carbocycles. The lowest BCUT2D eigenvalue weighted by atomic mass is 10.0. The van der Waals surface area contributed by atoms with Gasteiger partial charge < -0.3 is 5.73 Å². The fourth-order valence-corrected chi connectivity index (χ4v) is 3.02. The number of carbonyl (C=O) groups excluding carboxylic acids is 2. The van der Waals surface area contributed by atoms with Crippen molar-refractivity contribution in [3.05, 3.63) is 34.3 Å². The highest BCUT2D eigenvalue weighted by Gasteiger charge is 2.24. The lowest BCUT2D eigenvalue weighted by Gasteiger charge is -2.24. The predicted molar refractivity (Wildman–Crippen MR) is 84.8 cm³/mol. The molecular weight excluding hydrogens is 334 g/mol. The fraction of sp³-hybridized carbons (Fsp3) is 0.467. The first kappa shape index (κ1) is 16.0. The molecule has 0 bridgehead atoms. The smallest absolute Gasteiger partial charge is 0.318 e. The van der Waals surface area contributed by atoms with Crippen molar-refractivity contribution in [3.63, 3.8) is 0 Å². The van der Waals surface area contributed by atoms with Crippen molar-refractivity contribution < 1.29 is 9.59 Å². The van der Waals surface area contributed by atoms with E-state index in [1.807, 2.05) is 0 Å². The Labute approximate surface area is 133 Å². The van der Waals surface area contributed by atoms with Crippen molar-refractivity contribution >= 4 is 27.9 Å². The Morgan fingerprint density at radius 2 is 2.05 bits per heavy atom. The van der Waals surface area contributed by atoms with Crippen LogP contribution in [0, 0.1) is 0 Å². The molecule has 1 atom stereocenters. The SMILES string of the molecule is NC(=O)NC(=O)CCN1CCCC1Cc1ccc(Br)cc1.